The molecule has 0 saturated carbocycles. The van der Waals surface area contributed by atoms with Gasteiger partial charge in [-0.3, -0.25) is 10.1 Å². The molecule has 0 N–H and O–H groups in total. The van der Waals surface area contributed by atoms with Crippen molar-refractivity contribution in [2.75, 3.05) is 64.8 Å². The van der Waals surface area contributed by atoms with E-state index in [1.165, 1.54) is 72.3 Å². The van der Waals surface area contributed by atoms with Gasteiger partial charge in [0.1, 0.15) is 11.5 Å². The van der Waals surface area contributed by atoms with Gasteiger partial charge in [0.05, 0.1) is 36.2 Å². The molecule has 0 amide bonds. The predicted octanol–water partition coefficient (Wildman–Crippen LogP) is 29.2. The highest BCUT2D eigenvalue weighted by Gasteiger charge is 2.22. The highest BCUT2D eigenvalue weighted by atomic mass is 16.6. The number of anilines is 15. The Bertz CT molecular complexity index is 6420. The minimum Gasteiger partial charge on any atom is -0.497 e. The van der Waals surface area contributed by atoms with Crippen LogP contribution >= 0.6 is 0 Å². The molecule has 0 fully saturated rings. The van der Waals surface area contributed by atoms with Crippen molar-refractivity contribution in [3.63, 3.8) is 0 Å². The smallest absolute Gasteiger partial charge is 0.269 e. The zero-order chi connectivity index (χ0) is 80.7. The second kappa shape index (κ2) is 35.7. The maximum atomic E-state index is 11.1. The van der Waals surface area contributed by atoms with Gasteiger partial charge in [-0.15, -0.1) is 0 Å². The van der Waals surface area contributed by atoms with Crippen LogP contribution < -0.4 is 38.9 Å². The summed E-state index contributed by atoms with van der Waals surface area (Å²) in [5.74, 6) is 1.70. The molecule has 11 heteroatoms. The Morgan fingerprint density at radius 1 is 0.220 bits per heavy atom. The summed E-state index contributed by atoms with van der Waals surface area (Å²) >= 11 is 0. The van der Waals surface area contributed by atoms with Gasteiger partial charge in [-0.05, 0) is 225 Å². The molecule has 0 aliphatic rings. The molecule has 0 unspecified atom stereocenters. The monoisotopic (exact) mass is 1530 g/mol. The first-order valence-corrected chi connectivity index (χ1v) is 39.3. The highest BCUT2D eigenvalue weighted by Crippen LogP contribution is 2.46. The van der Waals surface area contributed by atoms with Gasteiger partial charge in [-0.2, -0.15) is 0 Å². The first kappa shape index (κ1) is 76.5. The van der Waals surface area contributed by atoms with E-state index in [4.69, 9.17) is 9.47 Å². The average Bonchev–Trinajstić information content (AvgIpc) is 0.781. The summed E-state index contributed by atoms with van der Waals surface area (Å²) in [5.41, 5.74) is 23.3. The van der Waals surface area contributed by atoms with Gasteiger partial charge in [-0.25, -0.2) is 0 Å². The van der Waals surface area contributed by atoms with Gasteiger partial charge in [0.2, 0.25) is 0 Å². The summed E-state index contributed by atoms with van der Waals surface area (Å²) in [7, 11) is 9.51. The molecule has 0 bridgehead atoms. The van der Waals surface area contributed by atoms with E-state index in [2.05, 4.69) is 415 Å². The molecular weight excluding hydrogens is 1450 g/mol. The lowest BCUT2D eigenvalue weighted by atomic mass is 10.0. The van der Waals surface area contributed by atoms with E-state index in [-0.39, 0.29) is 10.6 Å². The number of nitro benzene ring substituents is 1. The second-order valence-electron chi connectivity index (χ2n) is 28.6. The minimum atomic E-state index is -0.382. The van der Waals surface area contributed by atoms with Gasteiger partial charge in [0.25, 0.3) is 5.69 Å². The van der Waals surface area contributed by atoms with Crippen LogP contribution in [0.2, 0.25) is 0 Å². The SMILES string of the molecule is CN(c1ccc(N(c2cccc(-c3ccccc3)c2)c2cccc3ccccc23)cc1)c1ccc([N+](=O)[O-])cc1.COc1ccc(N(C)c2ccc(N(c3cccc(-c4ccccc4)c3)c3cccc4ccccc34)cc2)cc1.COc1cccc(N(C)c2ccc(N(c3cccc(-c4ccccc4)c3)c3cccc4ccccc34)cc2)c1. The van der Waals surface area contributed by atoms with Gasteiger partial charge in [-0.1, -0.05) is 243 Å². The second-order valence-corrected chi connectivity index (χ2v) is 28.6. The number of benzene rings is 18. The van der Waals surface area contributed by atoms with E-state index in [1.54, 1.807) is 26.4 Å². The van der Waals surface area contributed by atoms with Crippen molar-refractivity contribution in [3.05, 3.63) is 447 Å². The number of fused-ring (bicyclic) bond motifs is 3. The summed E-state index contributed by atoms with van der Waals surface area (Å²) < 4.78 is 10.8. The van der Waals surface area contributed by atoms with Gasteiger partial charge >= 0.3 is 0 Å². The topological polar surface area (TPSA) is 81.0 Å². The molecule has 0 spiro atoms. The minimum absolute atomic E-state index is 0.0796. The van der Waals surface area contributed by atoms with Gasteiger partial charge in [0.15, 0.2) is 0 Å². The van der Waals surface area contributed by atoms with Crippen LogP contribution in [0.4, 0.5) is 91.0 Å². The van der Waals surface area contributed by atoms with E-state index in [1.807, 2.05) is 48.3 Å². The third-order valence-electron chi connectivity index (χ3n) is 21.5. The van der Waals surface area contributed by atoms with Crippen LogP contribution in [0.3, 0.4) is 0 Å². The number of rotatable bonds is 21. The average molecular weight is 1530 g/mol. The number of non-ortho nitro benzene ring substituents is 1. The summed E-state index contributed by atoms with van der Waals surface area (Å²) in [5, 5.41) is 18.3. The van der Waals surface area contributed by atoms with Crippen molar-refractivity contribution in [3.8, 4) is 44.9 Å². The number of nitrogens with zero attached hydrogens (tertiary/aromatic N) is 7. The third-order valence-corrected chi connectivity index (χ3v) is 21.5. The molecule has 0 saturated heterocycles. The highest BCUT2D eigenvalue weighted by molar-refractivity contribution is 6.02. The molecule has 11 nitrogen and oxygen atoms in total. The number of nitro groups is 1. The van der Waals surface area contributed by atoms with E-state index < -0.39 is 0 Å². The van der Waals surface area contributed by atoms with Crippen molar-refractivity contribution in [1.82, 2.24) is 0 Å². The van der Waals surface area contributed by atoms with Gasteiger partial charge in [0, 0.05) is 124 Å². The fourth-order valence-electron chi connectivity index (χ4n) is 15.2. The molecule has 0 heterocycles. The van der Waals surface area contributed by atoms with Crippen LogP contribution in [0.1, 0.15) is 0 Å². The first-order chi connectivity index (χ1) is 58.0. The lowest BCUT2D eigenvalue weighted by molar-refractivity contribution is -0.384. The van der Waals surface area contributed by atoms with Crippen LogP contribution in [0.25, 0.3) is 65.7 Å². The van der Waals surface area contributed by atoms with Crippen LogP contribution in [0.5, 0.6) is 11.5 Å². The first-order valence-electron chi connectivity index (χ1n) is 39.3. The standard InChI is InChI=1S/2C36H30N2O.C35H27N3O2/c1-37(32-16-10-18-34(26-32)39-2)30-21-23-31(24-22-30)38(36-20-9-14-28-13-6-7-19-35(28)36)33-17-8-15-29(25-33)27-11-4-3-5-12-27;1-37(31-22-24-34(39-2)25-23-31)30-18-20-32(21-19-30)38(36-17-9-13-28-12-6-7-16-35(28)36)33-15-8-14-29(26-33)27-10-4-3-5-11-27;1-36(30-19-23-32(24-20-30)38(39)40)29-17-21-31(22-18-29)37(35-16-8-12-27-11-5-6-15-34(27)35)33-14-7-13-28(25-33)26-9-3-2-4-10-26/h2*3-26H,1-2H3;2-25H,1H3. The Morgan fingerprint density at radius 2 is 0.475 bits per heavy atom. The van der Waals surface area contributed by atoms with E-state index in [9.17, 15) is 10.1 Å². The lowest BCUT2D eigenvalue weighted by Crippen LogP contribution is -2.12. The van der Waals surface area contributed by atoms with Crippen molar-refractivity contribution < 1.29 is 14.4 Å². The Kier molecular flexibility index (Phi) is 23.2. The summed E-state index contributed by atoms with van der Waals surface area (Å²) in [4.78, 5) is 24.0. The largest absolute Gasteiger partial charge is 0.497 e. The molecule has 18 rings (SSSR count). The van der Waals surface area contributed by atoms with Crippen molar-refractivity contribution in [2.45, 2.75) is 0 Å². The molecule has 0 aliphatic heterocycles. The summed E-state index contributed by atoms with van der Waals surface area (Å²) in [6.45, 7) is 0. The summed E-state index contributed by atoms with van der Waals surface area (Å²) in [6.07, 6.45) is 0. The van der Waals surface area contributed by atoms with Gasteiger partial charge < -0.3 is 38.9 Å². The maximum absolute atomic E-state index is 11.1. The Balaban J connectivity index is 0.000000132. The van der Waals surface area contributed by atoms with Crippen LogP contribution in [0.15, 0.2) is 437 Å². The van der Waals surface area contributed by atoms with Crippen molar-refractivity contribution >= 4 is 123 Å². The molecule has 18 aromatic rings. The third kappa shape index (κ3) is 17.1. The van der Waals surface area contributed by atoms with Crippen LogP contribution in [-0.2, 0) is 0 Å². The predicted molar refractivity (Wildman–Crippen MR) is 495 cm³/mol. The molecule has 0 radical (unpaired) electrons. The van der Waals surface area contributed by atoms with Crippen molar-refractivity contribution in [2.24, 2.45) is 0 Å². The fourth-order valence-corrected chi connectivity index (χ4v) is 15.2. The maximum Gasteiger partial charge on any atom is 0.269 e. The number of ether oxygens (including phenoxy) is 2. The van der Waals surface area contributed by atoms with E-state index in [0.29, 0.717) is 0 Å². The van der Waals surface area contributed by atoms with Crippen molar-refractivity contribution in [1.29, 1.82) is 0 Å². The normalized spacial score (nSPS) is 10.8. The molecule has 0 aliphatic carbocycles. The zero-order valence-corrected chi connectivity index (χ0v) is 66.3. The molecular formula is C107H87N7O4. The lowest BCUT2D eigenvalue weighted by Gasteiger charge is -2.28. The Hall–Kier alpha value is -15.5. The molecule has 118 heavy (non-hydrogen) atoms. The summed E-state index contributed by atoms with van der Waals surface area (Å²) in [6, 6.07) is 151. The quantitative estimate of drug-likeness (QED) is 0.0513. The molecule has 574 valence electrons. The van der Waals surface area contributed by atoms with Crippen LogP contribution in [-0.4, -0.2) is 40.3 Å². The van der Waals surface area contributed by atoms with E-state index >= 15 is 0 Å². The van der Waals surface area contributed by atoms with Crippen LogP contribution in [0, 0.1) is 10.1 Å². The van der Waals surface area contributed by atoms with E-state index in [0.717, 1.165) is 102 Å². The zero-order valence-electron chi connectivity index (χ0n) is 66.3. The fraction of sp³-hybridized carbons (Fsp3) is 0.0467. The molecule has 18 aromatic carbocycles. The Labute approximate surface area is 690 Å². The number of methoxy groups -OCH3 is 2. The Morgan fingerprint density at radius 3 is 0.805 bits per heavy atom. The number of hydrogen-bond acceptors (Lipinski definition) is 10. The molecule has 0 aromatic heterocycles. The molecule has 0 atom stereocenters. The number of hydrogen-bond donors (Lipinski definition) is 0.